The van der Waals surface area contributed by atoms with Crippen molar-refractivity contribution in [1.29, 1.82) is 0 Å². The number of aromatic nitrogens is 1. The first kappa shape index (κ1) is 17.0. The van der Waals surface area contributed by atoms with E-state index in [1.807, 2.05) is 13.1 Å². The van der Waals surface area contributed by atoms with Crippen molar-refractivity contribution in [3.05, 3.63) is 78.1 Å². The molecule has 0 radical (unpaired) electrons. The number of benzene rings is 2. The van der Waals surface area contributed by atoms with Crippen LogP contribution in [0.25, 0.3) is 22.3 Å². The highest BCUT2D eigenvalue weighted by molar-refractivity contribution is 5.70. The van der Waals surface area contributed by atoms with Gasteiger partial charge in [-0.25, -0.2) is 0 Å². The molecule has 1 saturated heterocycles. The zero-order chi connectivity index (χ0) is 17.9. The van der Waals surface area contributed by atoms with Crippen molar-refractivity contribution in [1.82, 2.24) is 9.88 Å². The van der Waals surface area contributed by atoms with E-state index < -0.39 is 0 Å². The van der Waals surface area contributed by atoms with Gasteiger partial charge in [0.1, 0.15) is 0 Å². The molecule has 0 N–H and O–H groups in total. The lowest BCUT2D eigenvalue weighted by atomic mass is 9.98. The van der Waals surface area contributed by atoms with E-state index >= 15 is 0 Å². The van der Waals surface area contributed by atoms with Crippen LogP contribution in [0.3, 0.4) is 0 Å². The lowest BCUT2D eigenvalue weighted by molar-refractivity contribution is 0.263. The number of pyridine rings is 1. The van der Waals surface area contributed by atoms with Crippen molar-refractivity contribution >= 4 is 0 Å². The van der Waals surface area contributed by atoms with Crippen LogP contribution in [-0.4, -0.2) is 23.0 Å². The molecule has 1 aliphatic rings. The van der Waals surface area contributed by atoms with Crippen molar-refractivity contribution in [2.75, 3.05) is 13.1 Å². The zero-order valence-electron chi connectivity index (χ0n) is 15.7. The van der Waals surface area contributed by atoms with Crippen LogP contribution >= 0.6 is 0 Å². The molecule has 2 nitrogen and oxygen atoms in total. The van der Waals surface area contributed by atoms with Crippen LogP contribution in [0.15, 0.2) is 66.9 Å². The molecular formula is C24H26N2. The molecule has 0 amide bonds. The first-order valence-electron chi connectivity index (χ1n) is 9.58. The lowest BCUT2D eigenvalue weighted by Crippen LogP contribution is -2.23. The summed E-state index contributed by atoms with van der Waals surface area (Å²) in [5.74, 6) is 0. The third kappa shape index (κ3) is 3.56. The Balaban J connectivity index is 1.51. The predicted molar refractivity (Wildman–Crippen MR) is 109 cm³/mol. The molecule has 1 fully saturated rings. The van der Waals surface area contributed by atoms with Gasteiger partial charge in [-0.3, -0.25) is 9.88 Å². The minimum absolute atomic E-state index is 0.517. The van der Waals surface area contributed by atoms with E-state index in [1.165, 1.54) is 48.2 Å². The Bertz CT molecular complexity index is 842. The third-order valence-corrected chi connectivity index (χ3v) is 5.54. The maximum absolute atomic E-state index is 4.39. The summed E-state index contributed by atoms with van der Waals surface area (Å²) in [4.78, 5) is 6.97. The standard InChI is InChI=1S/C24H26N2/c1-18-5-6-24(17-25-18)23-13-11-22(12-14-23)21-9-7-20(8-10-21)19(2)26-15-3-4-16-26/h5-14,17,19H,3-4,15-16H2,1-2H3. The maximum Gasteiger partial charge on any atom is 0.0373 e. The van der Waals surface area contributed by atoms with Crippen molar-refractivity contribution in [3.8, 4) is 22.3 Å². The van der Waals surface area contributed by atoms with Crippen molar-refractivity contribution in [2.45, 2.75) is 32.7 Å². The third-order valence-electron chi connectivity index (χ3n) is 5.54. The van der Waals surface area contributed by atoms with Crippen LogP contribution in [0.1, 0.15) is 37.1 Å². The second-order valence-corrected chi connectivity index (χ2v) is 7.31. The van der Waals surface area contributed by atoms with Gasteiger partial charge in [0.2, 0.25) is 0 Å². The number of aryl methyl sites for hydroxylation is 1. The Morgan fingerprint density at radius 1 is 0.731 bits per heavy atom. The zero-order valence-corrected chi connectivity index (χ0v) is 15.7. The summed E-state index contributed by atoms with van der Waals surface area (Å²) >= 11 is 0. The Labute approximate surface area is 156 Å². The first-order valence-corrected chi connectivity index (χ1v) is 9.58. The molecule has 2 aromatic carbocycles. The van der Waals surface area contributed by atoms with Crippen LogP contribution in [-0.2, 0) is 0 Å². The van der Waals surface area contributed by atoms with Gasteiger partial charge in [-0.1, -0.05) is 54.6 Å². The minimum atomic E-state index is 0.517. The Hall–Kier alpha value is -2.45. The molecule has 3 aromatic rings. The fraction of sp³-hybridized carbons (Fsp3) is 0.292. The Kier molecular flexibility index (Phi) is 4.85. The Morgan fingerprint density at radius 2 is 1.23 bits per heavy atom. The van der Waals surface area contributed by atoms with E-state index in [4.69, 9.17) is 0 Å². The number of likely N-dealkylation sites (tertiary alicyclic amines) is 1. The highest BCUT2D eigenvalue weighted by Crippen LogP contribution is 2.28. The molecule has 0 bridgehead atoms. The molecule has 132 valence electrons. The van der Waals surface area contributed by atoms with Gasteiger partial charge in [0.05, 0.1) is 0 Å². The Morgan fingerprint density at radius 3 is 1.77 bits per heavy atom. The molecule has 0 spiro atoms. The quantitative estimate of drug-likeness (QED) is 0.588. The summed E-state index contributed by atoms with van der Waals surface area (Å²) in [7, 11) is 0. The minimum Gasteiger partial charge on any atom is -0.297 e. The number of hydrogen-bond acceptors (Lipinski definition) is 2. The van der Waals surface area contributed by atoms with Gasteiger partial charge in [-0.05, 0) is 68.1 Å². The van der Waals surface area contributed by atoms with Crippen LogP contribution in [0.5, 0.6) is 0 Å². The smallest absolute Gasteiger partial charge is 0.0373 e. The maximum atomic E-state index is 4.39. The van der Waals surface area contributed by atoms with E-state index in [2.05, 4.69) is 77.5 Å². The molecule has 1 aliphatic heterocycles. The number of hydrogen-bond donors (Lipinski definition) is 0. The molecule has 1 unspecified atom stereocenters. The normalized spacial score (nSPS) is 15.9. The molecule has 26 heavy (non-hydrogen) atoms. The van der Waals surface area contributed by atoms with Gasteiger partial charge >= 0.3 is 0 Å². The SMILES string of the molecule is Cc1ccc(-c2ccc(-c3ccc(C(C)N4CCCC4)cc3)cc2)cn1. The number of rotatable bonds is 4. The van der Waals surface area contributed by atoms with Crippen molar-refractivity contribution in [3.63, 3.8) is 0 Å². The van der Waals surface area contributed by atoms with Gasteiger partial charge < -0.3 is 0 Å². The van der Waals surface area contributed by atoms with E-state index in [1.54, 1.807) is 0 Å². The fourth-order valence-corrected chi connectivity index (χ4v) is 3.79. The molecule has 4 rings (SSSR count). The molecule has 1 atom stereocenters. The van der Waals surface area contributed by atoms with E-state index in [0.29, 0.717) is 6.04 Å². The van der Waals surface area contributed by atoms with E-state index in [0.717, 1.165) is 11.3 Å². The summed E-state index contributed by atoms with van der Waals surface area (Å²) in [5.41, 5.74) is 7.37. The first-order chi connectivity index (χ1) is 12.7. The summed E-state index contributed by atoms with van der Waals surface area (Å²) in [6.07, 6.45) is 4.62. The largest absolute Gasteiger partial charge is 0.297 e. The molecular weight excluding hydrogens is 316 g/mol. The molecule has 0 aliphatic carbocycles. The topological polar surface area (TPSA) is 16.1 Å². The lowest BCUT2D eigenvalue weighted by Gasteiger charge is -2.24. The average molecular weight is 342 g/mol. The summed E-state index contributed by atoms with van der Waals surface area (Å²) in [6.45, 7) is 6.81. The summed E-state index contributed by atoms with van der Waals surface area (Å²) < 4.78 is 0. The highest BCUT2D eigenvalue weighted by Gasteiger charge is 2.19. The highest BCUT2D eigenvalue weighted by atomic mass is 15.2. The molecule has 2 heteroatoms. The average Bonchev–Trinajstić information content (AvgIpc) is 3.23. The summed E-state index contributed by atoms with van der Waals surface area (Å²) in [5, 5.41) is 0. The van der Waals surface area contributed by atoms with Gasteiger partial charge in [0.25, 0.3) is 0 Å². The predicted octanol–water partition coefficient (Wildman–Crippen LogP) is 5.88. The van der Waals surface area contributed by atoms with Gasteiger partial charge in [0, 0.05) is 23.5 Å². The molecule has 2 heterocycles. The van der Waals surface area contributed by atoms with E-state index in [-0.39, 0.29) is 0 Å². The summed E-state index contributed by atoms with van der Waals surface area (Å²) in [6, 6.07) is 22.6. The monoisotopic (exact) mass is 342 g/mol. The van der Waals surface area contributed by atoms with E-state index in [9.17, 15) is 0 Å². The fourth-order valence-electron chi connectivity index (χ4n) is 3.79. The van der Waals surface area contributed by atoms with Crippen LogP contribution in [0.2, 0.25) is 0 Å². The van der Waals surface area contributed by atoms with Gasteiger partial charge in [0.15, 0.2) is 0 Å². The molecule has 0 saturated carbocycles. The van der Waals surface area contributed by atoms with Crippen LogP contribution in [0.4, 0.5) is 0 Å². The van der Waals surface area contributed by atoms with Gasteiger partial charge in [-0.15, -0.1) is 0 Å². The molecule has 1 aromatic heterocycles. The van der Waals surface area contributed by atoms with Gasteiger partial charge in [-0.2, -0.15) is 0 Å². The van der Waals surface area contributed by atoms with Crippen LogP contribution < -0.4 is 0 Å². The number of nitrogens with zero attached hydrogens (tertiary/aromatic N) is 2. The second-order valence-electron chi connectivity index (χ2n) is 7.31. The van der Waals surface area contributed by atoms with Crippen molar-refractivity contribution < 1.29 is 0 Å². The second kappa shape index (κ2) is 7.43. The van der Waals surface area contributed by atoms with Crippen LogP contribution in [0, 0.1) is 6.92 Å². The van der Waals surface area contributed by atoms with Crippen molar-refractivity contribution in [2.24, 2.45) is 0 Å².